The Labute approximate surface area is 159 Å². The van der Waals surface area contributed by atoms with Crippen LogP contribution in [0.15, 0.2) is 58.3 Å². The van der Waals surface area contributed by atoms with Crippen molar-refractivity contribution in [2.75, 3.05) is 42.8 Å². The number of nitrogens with one attached hydrogen (secondary N) is 2. The third kappa shape index (κ3) is 4.41. The number of rotatable bonds is 6. The molecule has 1 aliphatic heterocycles. The molecule has 0 spiro atoms. The van der Waals surface area contributed by atoms with Crippen molar-refractivity contribution in [2.24, 2.45) is 0 Å². The maximum Gasteiger partial charge on any atom is 0.261 e. The van der Waals surface area contributed by atoms with Crippen molar-refractivity contribution in [2.45, 2.75) is 9.79 Å². The number of sulfonamides is 2. The van der Waals surface area contributed by atoms with Crippen molar-refractivity contribution in [1.82, 2.24) is 4.72 Å². The molecule has 146 valence electrons. The van der Waals surface area contributed by atoms with Crippen LogP contribution in [0.2, 0.25) is 0 Å². The fraction of sp³-hybridized carbons (Fsp3) is 0.294. The molecule has 3 rings (SSSR count). The summed E-state index contributed by atoms with van der Waals surface area (Å²) in [6.07, 6.45) is 0. The minimum atomic E-state index is -3.84. The molecule has 2 aromatic rings. The van der Waals surface area contributed by atoms with Crippen molar-refractivity contribution in [3.8, 4) is 0 Å². The number of nitrogens with zero attached hydrogens (tertiary/aromatic N) is 1. The molecule has 0 bridgehead atoms. The van der Waals surface area contributed by atoms with Gasteiger partial charge in [0.25, 0.3) is 10.0 Å². The van der Waals surface area contributed by atoms with E-state index < -0.39 is 20.0 Å². The van der Waals surface area contributed by atoms with Crippen LogP contribution in [0.3, 0.4) is 0 Å². The molecule has 10 heteroatoms. The summed E-state index contributed by atoms with van der Waals surface area (Å²) in [5.41, 5.74) is 1.34. The van der Waals surface area contributed by atoms with Crippen LogP contribution in [0.4, 0.5) is 11.4 Å². The van der Waals surface area contributed by atoms with E-state index in [2.05, 4.69) is 19.7 Å². The minimum absolute atomic E-state index is 0.000617. The fourth-order valence-corrected chi connectivity index (χ4v) is 4.75. The highest BCUT2D eigenvalue weighted by Crippen LogP contribution is 2.28. The van der Waals surface area contributed by atoms with Gasteiger partial charge in [-0.1, -0.05) is 12.1 Å². The summed E-state index contributed by atoms with van der Waals surface area (Å²) in [7, 11) is -6.16. The first-order valence-electron chi connectivity index (χ1n) is 8.55. The molecule has 0 aliphatic carbocycles. The molecule has 0 atom stereocenters. The van der Waals surface area contributed by atoms with E-state index in [0.29, 0.717) is 5.69 Å². The van der Waals surface area contributed by atoms with Gasteiger partial charge in [-0.15, -0.1) is 0 Å². The molecule has 1 heterocycles. The average molecular weight is 412 g/mol. The summed E-state index contributed by atoms with van der Waals surface area (Å²) in [6.45, 7) is 3.61. The van der Waals surface area contributed by atoms with Crippen LogP contribution in [0.5, 0.6) is 0 Å². The van der Waals surface area contributed by atoms with Gasteiger partial charge in [0, 0.05) is 0 Å². The summed E-state index contributed by atoms with van der Waals surface area (Å²) in [5, 5.41) is 2.23. The smallest absolute Gasteiger partial charge is 0.261 e. The van der Waals surface area contributed by atoms with Crippen molar-refractivity contribution in [3.63, 3.8) is 0 Å². The van der Waals surface area contributed by atoms with Crippen LogP contribution in [0.1, 0.15) is 0 Å². The van der Waals surface area contributed by atoms with Gasteiger partial charge in [0.05, 0.1) is 47.3 Å². The second-order valence-corrected chi connectivity index (χ2v) is 9.72. The highest BCUT2D eigenvalue weighted by atomic mass is 32.2. The average Bonchev–Trinajstić information content (AvgIpc) is 2.69. The van der Waals surface area contributed by atoms with Gasteiger partial charge in [-0.3, -0.25) is 4.72 Å². The normalized spacial score (nSPS) is 15.5. The predicted octanol–water partition coefficient (Wildman–Crippen LogP) is -0.221. The van der Waals surface area contributed by atoms with Crippen molar-refractivity contribution in [1.29, 1.82) is 0 Å². The predicted molar refractivity (Wildman–Crippen MR) is 104 cm³/mol. The SMILES string of the molecule is CNS(=O)(=O)c1ccc(S(=O)(=O)Nc2ccccc2N2CC[NH2+]CC2)cc1. The Morgan fingerprint density at radius 2 is 1.41 bits per heavy atom. The lowest BCUT2D eigenvalue weighted by atomic mass is 10.2. The van der Waals surface area contributed by atoms with E-state index in [4.69, 9.17) is 0 Å². The van der Waals surface area contributed by atoms with E-state index in [0.717, 1.165) is 31.9 Å². The number of hydrogen-bond acceptors (Lipinski definition) is 5. The molecular weight excluding hydrogens is 388 g/mol. The topological polar surface area (TPSA) is 112 Å². The van der Waals surface area contributed by atoms with Crippen molar-refractivity contribution in [3.05, 3.63) is 48.5 Å². The van der Waals surface area contributed by atoms with Gasteiger partial charge >= 0.3 is 0 Å². The van der Waals surface area contributed by atoms with Crippen LogP contribution >= 0.6 is 0 Å². The maximum absolute atomic E-state index is 12.8. The number of para-hydroxylation sites is 2. The number of hydrogen-bond donors (Lipinski definition) is 3. The van der Waals surface area contributed by atoms with Crippen LogP contribution < -0.4 is 19.7 Å². The molecule has 1 saturated heterocycles. The van der Waals surface area contributed by atoms with Crippen LogP contribution in [0, 0.1) is 0 Å². The molecule has 2 aromatic carbocycles. The largest absolute Gasteiger partial charge is 0.359 e. The zero-order valence-corrected chi connectivity index (χ0v) is 16.6. The number of benzene rings is 2. The first-order chi connectivity index (χ1) is 12.8. The first kappa shape index (κ1) is 19.6. The van der Waals surface area contributed by atoms with Gasteiger partial charge in [-0.25, -0.2) is 21.6 Å². The lowest BCUT2D eigenvalue weighted by Crippen LogP contribution is -2.89. The van der Waals surface area contributed by atoms with Crippen molar-refractivity contribution >= 4 is 31.4 Å². The Hall–Kier alpha value is -2.14. The highest BCUT2D eigenvalue weighted by molar-refractivity contribution is 7.92. The summed E-state index contributed by atoms with van der Waals surface area (Å²) < 4.78 is 53.9. The van der Waals surface area contributed by atoms with E-state index in [-0.39, 0.29) is 9.79 Å². The standard InChI is InChI=1S/C17H22N4O4S2/c1-18-26(22,23)14-6-8-15(9-7-14)27(24,25)20-16-4-2-3-5-17(16)21-12-10-19-11-13-21/h2-9,18-20H,10-13H2,1H3/p+1. The number of quaternary nitrogens is 1. The number of piperazine rings is 1. The monoisotopic (exact) mass is 411 g/mol. The van der Waals surface area contributed by atoms with Crippen LogP contribution in [-0.4, -0.2) is 50.1 Å². The summed E-state index contributed by atoms with van der Waals surface area (Å²) >= 11 is 0. The first-order valence-corrected chi connectivity index (χ1v) is 11.5. The Kier molecular flexibility index (Phi) is 5.70. The van der Waals surface area contributed by atoms with E-state index in [1.165, 1.54) is 31.3 Å². The van der Waals surface area contributed by atoms with Crippen LogP contribution in [-0.2, 0) is 20.0 Å². The van der Waals surface area contributed by atoms with E-state index in [1.807, 2.05) is 12.1 Å². The minimum Gasteiger partial charge on any atom is -0.359 e. The summed E-state index contributed by atoms with van der Waals surface area (Å²) in [6, 6.07) is 12.4. The molecule has 27 heavy (non-hydrogen) atoms. The summed E-state index contributed by atoms with van der Waals surface area (Å²) in [4.78, 5) is 2.16. The molecule has 8 nitrogen and oxygen atoms in total. The molecule has 0 aromatic heterocycles. The highest BCUT2D eigenvalue weighted by Gasteiger charge is 2.21. The van der Waals surface area contributed by atoms with Gasteiger partial charge < -0.3 is 10.2 Å². The third-order valence-electron chi connectivity index (χ3n) is 4.41. The zero-order chi connectivity index (χ0) is 19.5. The van der Waals surface area contributed by atoms with Gasteiger partial charge in [-0.05, 0) is 43.4 Å². The number of anilines is 2. The van der Waals surface area contributed by atoms with E-state index >= 15 is 0 Å². The second-order valence-electron chi connectivity index (χ2n) is 6.15. The number of nitrogens with two attached hydrogens (primary N) is 1. The van der Waals surface area contributed by atoms with Crippen molar-refractivity contribution < 1.29 is 22.2 Å². The van der Waals surface area contributed by atoms with Gasteiger partial charge in [0.1, 0.15) is 0 Å². The van der Waals surface area contributed by atoms with Gasteiger partial charge in [-0.2, -0.15) is 0 Å². The molecule has 0 radical (unpaired) electrons. The van der Waals surface area contributed by atoms with Gasteiger partial charge in [0.2, 0.25) is 10.0 Å². The molecule has 1 aliphatic rings. The molecule has 0 saturated carbocycles. The third-order valence-corrected chi connectivity index (χ3v) is 7.22. The quantitative estimate of drug-likeness (QED) is 0.608. The van der Waals surface area contributed by atoms with Gasteiger partial charge in [0.15, 0.2) is 0 Å². The van der Waals surface area contributed by atoms with E-state index in [1.54, 1.807) is 12.1 Å². The molecule has 1 fully saturated rings. The maximum atomic E-state index is 12.8. The lowest BCUT2D eigenvalue weighted by Gasteiger charge is -2.29. The fourth-order valence-electron chi connectivity index (χ4n) is 2.95. The molecule has 4 N–H and O–H groups in total. The summed E-state index contributed by atoms with van der Waals surface area (Å²) in [5.74, 6) is 0. The Balaban J connectivity index is 1.87. The van der Waals surface area contributed by atoms with Crippen LogP contribution in [0.25, 0.3) is 0 Å². The molecule has 0 amide bonds. The Morgan fingerprint density at radius 1 is 0.852 bits per heavy atom. The lowest BCUT2D eigenvalue weighted by molar-refractivity contribution is -0.655. The zero-order valence-electron chi connectivity index (χ0n) is 14.9. The molecule has 0 unspecified atom stereocenters. The molecular formula is C17H23N4O4S2+. The van der Waals surface area contributed by atoms with E-state index in [9.17, 15) is 16.8 Å². The Bertz CT molecular complexity index is 999. The second kappa shape index (κ2) is 7.85. The Morgan fingerprint density at radius 3 is 2.00 bits per heavy atom.